The van der Waals surface area contributed by atoms with Gasteiger partial charge in [-0.05, 0) is 19.4 Å². The van der Waals surface area contributed by atoms with E-state index in [9.17, 15) is 0 Å². The minimum Gasteiger partial charge on any atom is -0.350 e. The molecule has 1 saturated heterocycles. The van der Waals surface area contributed by atoms with Crippen LogP contribution in [0, 0.1) is 0 Å². The topological polar surface area (TPSA) is 3.24 Å². The minimum absolute atomic E-state index is 0.663. The van der Waals surface area contributed by atoms with Crippen LogP contribution in [0.3, 0.4) is 0 Å². The van der Waals surface area contributed by atoms with Crippen LogP contribution in [0.15, 0.2) is 0 Å². The molecule has 2 radical (unpaired) electrons. The predicted octanol–water partition coefficient (Wildman–Crippen LogP) is 0.969. The van der Waals surface area contributed by atoms with Crippen LogP contribution in [0.1, 0.15) is 12.8 Å². The lowest BCUT2D eigenvalue weighted by molar-refractivity contribution is 0.460. The zero-order chi connectivity index (χ0) is 5.98. The number of alkyl halides is 1. The van der Waals surface area contributed by atoms with Gasteiger partial charge in [0.05, 0.1) is 0 Å². The standard InChI is InChI=1S/C5H9BIN/c6-8-3-1-2-5(8)4-7/h5H,1-4H2/t5-/m0/s1. The third kappa shape index (κ3) is 1.38. The van der Waals surface area contributed by atoms with Crippen LogP contribution in [0.25, 0.3) is 0 Å². The lowest BCUT2D eigenvalue weighted by Gasteiger charge is -2.16. The maximum absolute atomic E-state index is 5.62. The van der Waals surface area contributed by atoms with Crippen LogP contribution < -0.4 is 0 Å². The van der Waals surface area contributed by atoms with Gasteiger partial charge in [0.15, 0.2) is 7.98 Å². The van der Waals surface area contributed by atoms with Gasteiger partial charge in [-0.3, -0.25) is 0 Å². The Balaban J connectivity index is 2.30. The molecule has 0 aliphatic carbocycles. The lowest BCUT2D eigenvalue weighted by atomic mass is 10.2. The first-order chi connectivity index (χ1) is 3.84. The molecule has 1 atom stereocenters. The highest BCUT2D eigenvalue weighted by Gasteiger charge is 2.17. The molecule has 1 nitrogen and oxygen atoms in total. The second kappa shape index (κ2) is 3.06. The third-order valence-electron chi connectivity index (χ3n) is 1.60. The maximum atomic E-state index is 5.62. The molecule has 0 amide bonds. The Morgan fingerprint density at radius 2 is 2.50 bits per heavy atom. The summed E-state index contributed by atoms with van der Waals surface area (Å²) < 4.78 is 1.17. The monoisotopic (exact) mass is 221 g/mol. The van der Waals surface area contributed by atoms with Gasteiger partial charge in [0.25, 0.3) is 0 Å². The van der Waals surface area contributed by atoms with Gasteiger partial charge in [0.1, 0.15) is 0 Å². The number of nitrogens with zero attached hydrogens (tertiary/aromatic N) is 1. The molecular formula is C5H9BIN. The first-order valence-corrected chi connectivity index (χ1v) is 4.44. The fraction of sp³-hybridized carbons (Fsp3) is 1.00. The van der Waals surface area contributed by atoms with Crippen LogP contribution in [-0.4, -0.2) is 29.8 Å². The summed E-state index contributed by atoms with van der Waals surface area (Å²) in [4.78, 5) is 1.95. The molecule has 0 aromatic rings. The number of hydrogen-bond acceptors (Lipinski definition) is 1. The van der Waals surface area contributed by atoms with Gasteiger partial charge >= 0.3 is 0 Å². The SMILES string of the molecule is [B]N1CCC[C@H]1CI. The summed E-state index contributed by atoms with van der Waals surface area (Å²) in [5, 5.41) is 0. The van der Waals surface area contributed by atoms with Crippen molar-refractivity contribution in [3.8, 4) is 0 Å². The third-order valence-corrected chi connectivity index (χ3v) is 2.62. The molecule has 1 rings (SSSR count). The van der Waals surface area contributed by atoms with Crippen molar-refractivity contribution >= 4 is 30.6 Å². The molecule has 0 spiro atoms. The van der Waals surface area contributed by atoms with E-state index < -0.39 is 0 Å². The fourth-order valence-electron chi connectivity index (χ4n) is 1.02. The van der Waals surface area contributed by atoms with Crippen LogP contribution in [-0.2, 0) is 0 Å². The molecule has 1 heterocycles. The van der Waals surface area contributed by atoms with E-state index in [0.29, 0.717) is 6.04 Å². The van der Waals surface area contributed by atoms with E-state index in [2.05, 4.69) is 22.6 Å². The van der Waals surface area contributed by atoms with E-state index in [1.54, 1.807) is 0 Å². The average Bonchev–Trinajstić information content (AvgIpc) is 2.14. The van der Waals surface area contributed by atoms with E-state index in [1.165, 1.54) is 17.3 Å². The maximum Gasteiger partial charge on any atom is 0.182 e. The minimum atomic E-state index is 0.663. The quantitative estimate of drug-likeness (QED) is 0.362. The van der Waals surface area contributed by atoms with Crippen molar-refractivity contribution in [1.29, 1.82) is 0 Å². The molecule has 1 aliphatic rings. The van der Waals surface area contributed by atoms with E-state index in [1.807, 2.05) is 4.81 Å². The molecule has 1 aliphatic heterocycles. The smallest absolute Gasteiger partial charge is 0.182 e. The second-order valence-electron chi connectivity index (χ2n) is 2.19. The first kappa shape index (κ1) is 6.87. The Morgan fingerprint density at radius 3 is 2.75 bits per heavy atom. The van der Waals surface area contributed by atoms with Gasteiger partial charge in [-0.2, -0.15) is 0 Å². The Hall–Kier alpha value is 0.755. The average molecular weight is 221 g/mol. The number of halogens is 1. The van der Waals surface area contributed by atoms with Gasteiger partial charge in [-0.1, -0.05) is 22.6 Å². The Kier molecular flexibility index (Phi) is 2.63. The predicted molar refractivity (Wildman–Crippen MR) is 44.4 cm³/mol. The molecule has 1 fully saturated rings. The zero-order valence-corrected chi connectivity index (χ0v) is 6.97. The highest BCUT2D eigenvalue weighted by molar-refractivity contribution is 14.1. The van der Waals surface area contributed by atoms with Crippen molar-refractivity contribution in [3.63, 3.8) is 0 Å². The van der Waals surface area contributed by atoms with Crippen molar-refractivity contribution in [2.75, 3.05) is 11.0 Å². The van der Waals surface area contributed by atoms with Gasteiger partial charge in [-0.15, -0.1) is 0 Å². The van der Waals surface area contributed by atoms with E-state index in [0.717, 1.165) is 6.54 Å². The van der Waals surface area contributed by atoms with Crippen molar-refractivity contribution in [3.05, 3.63) is 0 Å². The molecule has 3 heteroatoms. The molecule has 0 aromatic carbocycles. The molecule has 0 saturated carbocycles. The zero-order valence-electron chi connectivity index (χ0n) is 4.81. The largest absolute Gasteiger partial charge is 0.350 e. The van der Waals surface area contributed by atoms with Crippen molar-refractivity contribution in [2.24, 2.45) is 0 Å². The van der Waals surface area contributed by atoms with Gasteiger partial charge in [0.2, 0.25) is 0 Å². The highest BCUT2D eigenvalue weighted by Crippen LogP contribution is 2.15. The van der Waals surface area contributed by atoms with Gasteiger partial charge in [-0.25, -0.2) is 0 Å². The number of hydrogen-bond donors (Lipinski definition) is 0. The number of rotatable bonds is 1. The Bertz CT molecular complexity index is 78.8. The summed E-state index contributed by atoms with van der Waals surface area (Å²) in [6.07, 6.45) is 2.57. The van der Waals surface area contributed by atoms with E-state index in [4.69, 9.17) is 7.98 Å². The van der Waals surface area contributed by atoms with Crippen LogP contribution in [0.5, 0.6) is 0 Å². The normalized spacial score (nSPS) is 31.4. The van der Waals surface area contributed by atoms with Gasteiger partial charge in [0, 0.05) is 10.5 Å². The second-order valence-corrected chi connectivity index (χ2v) is 3.07. The molecule has 0 N–H and O–H groups in total. The highest BCUT2D eigenvalue weighted by atomic mass is 127. The molecule has 8 heavy (non-hydrogen) atoms. The summed E-state index contributed by atoms with van der Waals surface area (Å²) in [7, 11) is 5.62. The van der Waals surface area contributed by atoms with E-state index in [-0.39, 0.29) is 0 Å². The molecule has 0 unspecified atom stereocenters. The Morgan fingerprint density at radius 1 is 1.75 bits per heavy atom. The van der Waals surface area contributed by atoms with Crippen LogP contribution in [0.4, 0.5) is 0 Å². The molecule has 0 aromatic heterocycles. The summed E-state index contributed by atoms with van der Waals surface area (Å²) in [6.45, 7) is 1.09. The Labute approximate surface area is 65.4 Å². The van der Waals surface area contributed by atoms with Crippen LogP contribution >= 0.6 is 22.6 Å². The van der Waals surface area contributed by atoms with Crippen molar-refractivity contribution in [1.82, 2.24) is 4.81 Å². The molecule has 0 bridgehead atoms. The van der Waals surface area contributed by atoms with Crippen LogP contribution in [0.2, 0.25) is 0 Å². The lowest BCUT2D eigenvalue weighted by Crippen LogP contribution is -2.27. The molecular weight excluding hydrogens is 212 g/mol. The summed E-state index contributed by atoms with van der Waals surface area (Å²) in [6, 6.07) is 0.663. The van der Waals surface area contributed by atoms with Crippen molar-refractivity contribution < 1.29 is 0 Å². The molecule has 44 valence electrons. The van der Waals surface area contributed by atoms with E-state index >= 15 is 0 Å². The fourth-order valence-corrected chi connectivity index (χ4v) is 1.97. The summed E-state index contributed by atoms with van der Waals surface area (Å²) in [5.74, 6) is 0. The van der Waals surface area contributed by atoms with Gasteiger partial charge < -0.3 is 4.81 Å². The summed E-state index contributed by atoms with van der Waals surface area (Å²) in [5.41, 5.74) is 0. The summed E-state index contributed by atoms with van der Waals surface area (Å²) >= 11 is 2.38. The van der Waals surface area contributed by atoms with Crippen molar-refractivity contribution in [2.45, 2.75) is 18.9 Å². The first-order valence-electron chi connectivity index (χ1n) is 2.92.